The average Bonchev–Trinajstić information content (AvgIpc) is 2.52. The molecule has 0 heterocycles. The minimum Gasteiger partial charge on any atom is -0.545 e. The summed E-state index contributed by atoms with van der Waals surface area (Å²) in [5.41, 5.74) is 0.220. The van der Waals surface area contributed by atoms with Crippen LogP contribution in [0.3, 0.4) is 0 Å². The maximum Gasteiger partial charge on any atom is 1.00 e. The van der Waals surface area contributed by atoms with Gasteiger partial charge in [0.1, 0.15) is 0 Å². The first-order valence-corrected chi connectivity index (χ1v) is 8.92. The van der Waals surface area contributed by atoms with Crippen molar-refractivity contribution in [2.45, 2.75) is 77.6 Å². The summed E-state index contributed by atoms with van der Waals surface area (Å²) in [5, 5.41) is 21.8. The molecule has 0 unspecified atom stereocenters. The number of rotatable bonds is 15. The fourth-order valence-electron chi connectivity index (χ4n) is 2.48. The normalized spacial score (nSPS) is 11.0. The van der Waals surface area contributed by atoms with Crippen LogP contribution in [0, 0.1) is 0 Å². The van der Waals surface area contributed by atoms with Gasteiger partial charge in [-0.1, -0.05) is 64.7 Å². The molecule has 6 heteroatoms. The van der Waals surface area contributed by atoms with E-state index in [2.05, 4.69) is 12.2 Å². The second-order valence-electron chi connectivity index (χ2n) is 5.90. The first-order valence-electron chi connectivity index (χ1n) is 8.92. The molecule has 0 aromatic rings. The van der Waals surface area contributed by atoms with Gasteiger partial charge in [0, 0.05) is 12.1 Å². The molecular formula is C18H32LiNO4. The summed E-state index contributed by atoms with van der Waals surface area (Å²) in [6, 6.07) is 0. The number of aliphatic carboxylic acids is 1. The number of aliphatic hydroxyl groups excluding tert-OH is 1. The largest absolute Gasteiger partial charge is 1.00 e. The molecule has 0 aliphatic carbocycles. The molecular weight excluding hydrogens is 301 g/mol. The van der Waals surface area contributed by atoms with E-state index in [9.17, 15) is 14.7 Å². The van der Waals surface area contributed by atoms with E-state index in [0.717, 1.165) is 25.3 Å². The van der Waals surface area contributed by atoms with Crippen molar-refractivity contribution in [2.75, 3.05) is 13.2 Å². The summed E-state index contributed by atoms with van der Waals surface area (Å²) < 4.78 is 0. The number of nitrogens with one attached hydrogen (secondary N) is 1. The minimum atomic E-state index is -1.36. The van der Waals surface area contributed by atoms with Gasteiger partial charge in [0.2, 0.25) is 5.91 Å². The molecule has 2 N–H and O–H groups in total. The van der Waals surface area contributed by atoms with Crippen LogP contribution in [0.15, 0.2) is 11.6 Å². The van der Waals surface area contributed by atoms with Gasteiger partial charge in [-0.05, 0) is 18.9 Å². The second-order valence-corrected chi connectivity index (χ2v) is 5.90. The third-order valence-corrected chi connectivity index (χ3v) is 3.78. The maximum absolute atomic E-state index is 11.7. The van der Waals surface area contributed by atoms with Gasteiger partial charge in [0.15, 0.2) is 0 Å². The maximum atomic E-state index is 11.7. The Kier molecular flexibility index (Phi) is 19.7. The molecule has 0 aliphatic rings. The predicted octanol–water partition coefficient (Wildman–Crippen LogP) is -0.914. The predicted molar refractivity (Wildman–Crippen MR) is 89.6 cm³/mol. The number of carbonyl (C=O) groups excluding carboxylic acids is 2. The van der Waals surface area contributed by atoms with Crippen LogP contribution in [0.5, 0.6) is 0 Å². The molecule has 5 nitrogen and oxygen atoms in total. The molecule has 0 saturated carbocycles. The van der Waals surface area contributed by atoms with Crippen LogP contribution < -0.4 is 29.3 Å². The zero-order chi connectivity index (χ0) is 17.3. The molecule has 0 fully saturated rings. The smallest absolute Gasteiger partial charge is 0.545 e. The van der Waals surface area contributed by atoms with E-state index in [1.165, 1.54) is 44.9 Å². The van der Waals surface area contributed by atoms with Gasteiger partial charge in [-0.25, -0.2) is 0 Å². The second kappa shape index (κ2) is 18.6. The van der Waals surface area contributed by atoms with Crippen LogP contribution in [0.4, 0.5) is 0 Å². The average molecular weight is 333 g/mol. The standard InChI is InChI=1S/C18H33NO4.Li/c1-2-3-4-5-6-7-8-9-10-11-12-16(15-17(21)22)18(23)19-13-14-20;/h15,20H,2-14H2,1H3,(H,19,23)(H,21,22);/q;+1/p-1. The van der Waals surface area contributed by atoms with Gasteiger partial charge >= 0.3 is 18.9 Å². The Bertz CT molecular complexity index is 359. The molecule has 0 radical (unpaired) electrons. The Balaban J connectivity index is 0. The summed E-state index contributed by atoms with van der Waals surface area (Å²) in [4.78, 5) is 22.4. The van der Waals surface area contributed by atoms with Gasteiger partial charge in [-0.15, -0.1) is 0 Å². The first kappa shape index (κ1) is 25.5. The molecule has 0 bridgehead atoms. The fourth-order valence-corrected chi connectivity index (χ4v) is 2.48. The fraction of sp³-hybridized carbons (Fsp3) is 0.778. The van der Waals surface area contributed by atoms with Gasteiger partial charge in [-0.3, -0.25) is 4.79 Å². The van der Waals surface area contributed by atoms with E-state index < -0.39 is 11.9 Å². The number of unbranched alkanes of at least 4 members (excludes halogenated alkanes) is 9. The SMILES string of the molecule is CCCCCCCCCCCCC(=CC(=O)[O-])C(=O)NCCO.[Li+]. The number of carbonyl (C=O) groups is 2. The van der Waals surface area contributed by atoms with Gasteiger partial charge in [-0.2, -0.15) is 0 Å². The van der Waals surface area contributed by atoms with E-state index in [1.807, 2.05) is 0 Å². The van der Waals surface area contributed by atoms with E-state index in [1.54, 1.807) is 0 Å². The van der Waals surface area contributed by atoms with E-state index >= 15 is 0 Å². The Hall–Kier alpha value is -0.763. The zero-order valence-electron chi connectivity index (χ0n) is 15.4. The van der Waals surface area contributed by atoms with E-state index in [4.69, 9.17) is 5.11 Å². The van der Waals surface area contributed by atoms with Crippen molar-refractivity contribution in [1.29, 1.82) is 0 Å². The molecule has 0 aliphatic heterocycles. The molecule has 0 saturated heterocycles. The number of amides is 1. The Labute approximate surface area is 158 Å². The summed E-state index contributed by atoms with van der Waals surface area (Å²) in [6.07, 6.45) is 13.2. The van der Waals surface area contributed by atoms with Crippen molar-refractivity contribution in [2.24, 2.45) is 0 Å². The third kappa shape index (κ3) is 16.1. The molecule has 0 aromatic heterocycles. The number of hydrogen-bond donors (Lipinski definition) is 2. The van der Waals surface area contributed by atoms with Gasteiger partial charge in [0.05, 0.1) is 12.6 Å². The van der Waals surface area contributed by atoms with Crippen molar-refractivity contribution < 1.29 is 38.7 Å². The van der Waals surface area contributed by atoms with Crippen molar-refractivity contribution >= 4 is 11.9 Å². The summed E-state index contributed by atoms with van der Waals surface area (Å²) in [5.74, 6) is -1.79. The van der Waals surface area contributed by atoms with Crippen LogP contribution in [0.1, 0.15) is 77.6 Å². The molecule has 0 spiro atoms. The summed E-state index contributed by atoms with van der Waals surface area (Å²) in [7, 11) is 0. The van der Waals surface area contributed by atoms with Crippen LogP contribution in [0.2, 0.25) is 0 Å². The number of hydrogen-bond acceptors (Lipinski definition) is 4. The number of carboxylic acid groups (broad SMARTS) is 1. The van der Waals surface area contributed by atoms with E-state index in [-0.39, 0.29) is 37.6 Å². The zero-order valence-corrected chi connectivity index (χ0v) is 15.4. The van der Waals surface area contributed by atoms with Crippen LogP contribution >= 0.6 is 0 Å². The molecule has 0 rings (SSSR count). The Morgan fingerprint density at radius 1 is 0.958 bits per heavy atom. The molecule has 1 amide bonds. The molecule has 24 heavy (non-hydrogen) atoms. The van der Waals surface area contributed by atoms with Gasteiger partial charge < -0.3 is 20.3 Å². The quantitative estimate of drug-likeness (QED) is 0.231. The van der Waals surface area contributed by atoms with Crippen molar-refractivity contribution in [1.82, 2.24) is 5.32 Å². The van der Waals surface area contributed by atoms with Crippen LogP contribution in [-0.4, -0.2) is 30.1 Å². The molecule has 134 valence electrons. The summed E-state index contributed by atoms with van der Waals surface area (Å²) in [6.45, 7) is 2.18. The monoisotopic (exact) mass is 333 g/mol. The van der Waals surface area contributed by atoms with Crippen molar-refractivity contribution in [3.8, 4) is 0 Å². The Morgan fingerprint density at radius 2 is 1.46 bits per heavy atom. The minimum absolute atomic E-state index is 0. The number of aliphatic hydroxyl groups is 1. The van der Waals surface area contributed by atoms with Crippen LogP contribution in [-0.2, 0) is 9.59 Å². The topological polar surface area (TPSA) is 89.5 Å². The number of carboxylic acids is 1. The Morgan fingerprint density at radius 3 is 1.92 bits per heavy atom. The van der Waals surface area contributed by atoms with Gasteiger partial charge in [0.25, 0.3) is 0 Å². The van der Waals surface area contributed by atoms with Crippen molar-refractivity contribution in [3.05, 3.63) is 11.6 Å². The molecule has 0 aromatic carbocycles. The van der Waals surface area contributed by atoms with Crippen molar-refractivity contribution in [3.63, 3.8) is 0 Å². The van der Waals surface area contributed by atoms with E-state index in [0.29, 0.717) is 6.42 Å². The van der Waals surface area contributed by atoms with Crippen LogP contribution in [0.25, 0.3) is 0 Å². The first-order chi connectivity index (χ1) is 11.1. The third-order valence-electron chi connectivity index (χ3n) is 3.78. The molecule has 0 atom stereocenters. The summed E-state index contributed by atoms with van der Waals surface area (Å²) >= 11 is 0.